The van der Waals surface area contributed by atoms with Crippen LogP contribution in [0.1, 0.15) is 15.9 Å². The first-order chi connectivity index (χ1) is 9.36. The predicted molar refractivity (Wildman–Crippen MR) is 77.6 cm³/mol. The lowest BCUT2D eigenvalue weighted by Gasteiger charge is -2.10. The highest BCUT2D eigenvalue weighted by Crippen LogP contribution is 2.27. The molecule has 104 valence electrons. The van der Waals surface area contributed by atoms with Crippen LogP contribution in [0.15, 0.2) is 34.8 Å². The van der Waals surface area contributed by atoms with Gasteiger partial charge in [0.2, 0.25) is 0 Å². The molecule has 0 saturated carbocycles. The fourth-order valence-electron chi connectivity index (χ4n) is 1.79. The number of hydrogen-bond acceptors (Lipinski definition) is 2. The highest BCUT2D eigenvalue weighted by atomic mass is 79.9. The smallest absolute Gasteiger partial charge is 0.255 e. The maximum atomic E-state index is 13.6. The average molecular weight is 341 g/mol. The number of halogens is 3. The van der Waals surface area contributed by atoms with Gasteiger partial charge in [0.25, 0.3) is 5.91 Å². The van der Waals surface area contributed by atoms with Crippen LogP contribution in [-0.4, -0.2) is 5.91 Å². The summed E-state index contributed by atoms with van der Waals surface area (Å²) in [5, 5.41) is 2.39. The zero-order chi connectivity index (χ0) is 14.9. The molecule has 1 amide bonds. The summed E-state index contributed by atoms with van der Waals surface area (Å²) in [4.78, 5) is 12.1. The Morgan fingerprint density at radius 3 is 2.50 bits per heavy atom. The number of carbonyl (C=O) groups is 1. The van der Waals surface area contributed by atoms with Gasteiger partial charge in [-0.05, 0) is 52.7 Å². The molecule has 2 aromatic rings. The Balaban J connectivity index is 2.32. The molecule has 0 fully saturated rings. The number of aryl methyl sites for hydroxylation is 1. The first kappa shape index (κ1) is 14.5. The number of hydrogen-bond donors (Lipinski definition) is 2. The van der Waals surface area contributed by atoms with Crippen LogP contribution in [0.4, 0.5) is 20.2 Å². The van der Waals surface area contributed by atoms with Crippen LogP contribution in [0.2, 0.25) is 0 Å². The maximum absolute atomic E-state index is 13.6. The van der Waals surface area contributed by atoms with Crippen molar-refractivity contribution in [1.29, 1.82) is 0 Å². The molecule has 3 nitrogen and oxygen atoms in total. The number of amides is 1. The molecule has 6 heteroatoms. The van der Waals surface area contributed by atoms with Gasteiger partial charge in [0, 0.05) is 21.8 Å². The van der Waals surface area contributed by atoms with Gasteiger partial charge in [0.15, 0.2) is 5.82 Å². The largest absolute Gasteiger partial charge is 0.399 e. The van der Waals surface area contributed by atoms with Gasteiger partial charge in [-0.15, -0.1) is 0 Å². The van der Waals surface area contributed by atoms with Gasteiger partial charge in [0.05, 0.1) is 5.69 Å². The molecule has 2 aromatic carbocycles. The van der Waals surface area contributed by atoms with Gasteiger partial charge in [0.1, 0.15) is 5.82 Å². The molecule has 0 unspecified atom stereocenters. The number of carbonyl (C=O) groups excluding carboxylic acids is 1. The monoisotopic (exact) mass is 340 g/mol. The van der Waals surface area contributed by atoms with Crippen molar-refractivity contribution in [3.63, 3.8) is 0 Å². The summed E-state index contributed by atoms with van der Waals surface area (Å²) >= 11 is 3.01. The number of nitrogens with one attached hydrogen (secondary N) is 1. The number of nitrogen functional groups attached to an aromatic ring is 1. The van der Waals surface area contributed by atoms with Gasteiger partial charge in [-0.2, -0.15) is 0 Å². The molecule has 0 aromatic heterocycles. The van der Waals surface area contributed by atoms with Crippen molar-refractivity contribution in [3.05, 3.63) is 57.6 Å². The highest BCUT2D eigenvalue weighted by Gasteiger charge is 2.14. The van der Waals surface area contributed by atoms with Crippen molar-refractivity contribution in [2.24, 2.45) is 0 Å². The number of nitrogens with two attached hydrogens (primary N) is 1. The minimum absolute atomic E-state index is 0.114. The van der Waals surface area contributed by atoms with Crippen LogP contribution in [0.5, 0.6) is 0 Å². The third-order valence-corrected chi connectivity index (χ3v) is 3.23. The molecule has 0 aliphatic rings. The van der Waals surface area contributed by atoms with Gasteiger partial charge >= 0.3 is 0 Å². The zero-order valence-electron chi connectivity index (χ0n) is 10.5. The molecule has 2 rings (SSSR count). The molecular weight excluding hydrogens is 330 g/mol. The summed E-state index contributed by atoms with van der Waals surface area (Å²) < 4.78 is 26.7. The first-order valence-electron chi connectivity index (χ1n) is 5.70. The SMILES string of the molecule is Cc1cc(N)cc(C(=O)Nc2c(F)cc(F)cc2Br)c1. The van der Waals surface area contributed by atoms with Crippen LogP contribution in [0.25, 0.3) is 0 Å². The number of anilines is 2. The Bertz CT molecular complexity index is 646. The molecule has 0 atom stereocenters. The summed E-state index contributed by atoms with van der Waals surface area (Å²) in [6.07, 6.45) is 0. The van der Waals surface area contributed by atoms with Gasteiger partial charge < -0.3 is 11.1 Å². The van der Waals surface area contributed by atoms with Crippen molar-refractivity contribution in [2.75, 3.05) is 11.1 Å². The maximum Gasteiger partial charge on any atom is 0.255 e. The van der Waals surface area contributed by atoms with Crippen LogP contribution in [0.3, 0.4) is 0 Å². The average Bonchev–Trinajstić information content (AvgIpc) is 2.32. The predicted octanol–water partition coefficient (Wildman–Crippen LogP) is 3.87. The second-order valence-electron chi connectivity index (χ2n) is 4.33. The molecule has 0 aliphatic carbocycles. The number of benzene rings is 2. The lowest BCUT2D eigenvalue weighted by atomic mass is 10.1. The van der Waals surface area contributed by atoms with E-state index in [1.165, 1.54) is 6.07 Å². The normalized spacial score (nSPS) is 10.4. The van der Waals surface area contributed by atoms with Crippen molar-refractivity contribution in [2.45, 2.75) is 6.92 Å². The Morgan fingerprint density at radius 1 is 1.20 bits per heavy atom. The van der Waals surface area contributed by atoms with Crippen molar-refractivity contribution < 1.29 is 13.6 Å². The summed E-state index contributed by atoms with van der Waals surface area (Å²) in [7, 11) is 0. The van der Waals surface area contributed by atoms with Gasteiger partial charge in [-0.3, -0.25) is 4.79 Å². The van der Waals surface area contributed by atoms with E-state index in [-0.39, 0.29) is 10.2 Å². The van der Waals surface area contributed by atoms with Crippen LogP contribution < -0.4 is 11.1 Å². The Morgan fingerprint density at radius 2 is 1.90 bits per heavy atom. The van der Waals surface area contributed by atoms with Crippen LogP contribution in [0, 0.1) is 18.6 Å². The fourth-order valence-corrected chi connectivity index (χ4v) is 2.30. The van der Waals surface area contributed by atoms with E-state index in [2.05, 4.69) is 21.2 Å². The van der Waals surface area contributed by atoms with E-state index in [1.54, 1.807) is 19.1 Å². The lowest BCUT2D eigenvalue weighted by Crippen LogP contribution is -2.14. The summed E-state index contributed by atoms with van der Waals surface area (Å²) in [6, 6.07) is 6.60. The third-order valence-electron chi connectivity index (χ3n) is 2.61. The summed E-state index contributed by atoms with van der Waals surface area (Å²) in [5.74, 6) is -2.11. The summed E-state index contributed by atoms with van der Waals surface area (Å²) in [5.41, 5.74) is 7.10. The van der Waals surface area contributed by atoms with E-state index >= 15 is 0 Å². The van der Waals surface area contributed by atoms with Crippen molar-refractivity contribution in [3.8, 4) is 0 Å². The molecule has 0 spiro atoms. The van der Waals surface area contributed by atoms with E-state index in [1.807, 2.05) is 0 Å². The topological polar surface area (TPSA) is 55.1 Å². The van der Waals surface area contributed by atoms with E-state index in [4.69, 9.17) is 5.73 Å². The Hall–Kier alpha value is -1.95. The Labute approximate surface area is 122 Å². The zero-order valence-corrected chi connectivity index (χ0v) is 12.1. The number of rotatable bonds is 2. The Kier molecular flexibility index (Phi) is 4.04. The fraction of sp³-hybridized carbons (Fsp3) is 0.0714. The van der Waals surface area contributed by atoms with Crippen LogP contribution in [-0.2, 0) is 0 Å². The third kappa shape index (κ3) is 3.14. The lowest BCUT2D eigenvalue weighted by molar-refractivity contribution is 0.102. The molecule has 3 N–H and O–H groups in total. The molecule has 20 heavy (non-hydrogen) atoms. The van der Waals surface area contributed by atoms with E-state index < -0.39 is 17.5 Å². The minimum atomic E-state index is -0.856. The minimum Gasteiger partial charge on any atom is -0.399 e. The van der Waals surface area contributed by atoms with E-state index in [0.717, 1.165) is 11.6 Å². The van der Waals surface area contributed by atoms with Crippen molar-refractivity contribution in [1.82, 2.24) is 0 Å². The standard InChI is InChI=1S/C14H11BrF2N2O/c1-7-2-8(4-10(18)3-7)14(20)19-13-11(15)5-9(16)6-12(13)17/h2-6H,18H2,1H3,(H,19,20). The van der Waals surface area contributed by atoms with Gasteiger partial charge in [-0.25, -0.2) is 8.78 Å². The van der Waals surface area contributed by atoms with Crippen molar-refractivity contribution >= 4 is 33.2 Å². The van der Waals surface area contributed by atoms with E-state index in [0.29, 0.717) is 17.3 Å². The molecule has 0 saturated heterocycles. The van der Waals surface area contributed by atoms with Gasteiger partial charge in [-0.1, -0.05) is 0 Å². The molecular formula is C14H11BrF2N2O. The molecule has 0 heterocycles. The first-order valence-corrected chi connectivity index (χ1v) is 6.49. The molecule has 0 radical (unpaired) electrons. The molecule has 0 bridgehead atoms. The highest BCUT2D eigenvalue weighted by molar-refractivity contribution is 9.10. The van der Waals surface area contributed by atoms with E-state index in [9.17, 15) is 13.6 Å². The van der Waals surface area contributed by atoms with Crippen LogP contribution >= 0.6 is 15.9 Å². The second-order valence-corrected chi connectivity index (χ2v) is 5.19. The summed E-state index contributed by atoms with van der Waals surface area (Å²) in [6.45, 7) is 1.79. The second kappa shape index (κ2) is 5.58. The quantitative estimate of drug-likeness (QED) is 0.815. The molecule has 0 aliphatic heterocycles.